The lowest BCUT2D eigenvalue weighted by atomic mass is 9.81. The second-order valence-electron chi connectivity index (χ2n) is 4.69. The van der Waals surface area contributed by atoms with E-state index >= 15 is 0 Å². The molecule has 3 N–H and O–H groups in total. The molecule has 94 valence electrons. The zero-order chi connectivity index (χ0) is 12.3. The molecule has 1 heterocycles. The highest BCUT2D eigenvalue weighted by molar-refractivity contribution is 5.47. The lowest BCUT2D eigenvalue weighted by molar-refractivity contribution is 0.0204. The normalized spacial score (nSPS) is 29.0. The van der Waals surface area contributed by atoms with Crippen molar-refractivity contribution in [3.05, 3.63) is 30.1 Å². The van der Waals surface area contributed by atoms with Gasteiger partial charge in [-0.25, -0.2) is 4.39 Å². The van der Waals surface area contributed by atoms with Crippen LogP contribution >= 0.6 is 0 Å². The SMILES string of the molecule is CC1COCCC1(CN)Nc1ccccc1F. The van der Waals surface area contributed by atoms with Gasteiger partial charge in [0, 0.05) is 19.1 Å². The summed E-state index contributed by atoms with van der Waals surface area (Å²) in [6, 6.07) is 6.70. The quantitative estimate of drug-likeness (QED) is 0.846. The van der Waals surface area contributed by atoms with Crippen LogP contribution in [0.1, 0.15) is 13.3 Å². The molecule has 3 nitrogen and oxygen atoms in total. The number of benzene rings is 1. The van der Waals surface area contributed by atoms with Gasteiger partial charge in [0.2, 0.25) is 0 Å². The standard InChI is InChI=1S/C13H19FN2O/c1-10-8-17-7-6-13(10,9-15)16-12-5-3-2-4-11(12)14/h2-5,10,16H,6-9,15H2,1H3. The molecule has 1 aliphatic heterocycles. The summed E-state index contributed by atoms with van der Waals surface area (Å²) in [5.41, 5.74) is 6.14. The predicted molar refractivity (Wildman–Crippen MR) is 66.4 cm³/mol. The van der Waals surface area contributed by atoms with Gasteiger partial charge < -0.3 is 15.8 Å². The van der Waals surface area contributed by atoms with E-state index in [-0.39, 0.29) is 17.3 Å². The van der Waals surface area contributed by atoms with Gasteiger partial charge in [0.1, 0.15) is 5.82 Å². The van der Waals surface area contributed by atoms with Gasteiger partial charge >= 0.3 is 0 Å². The van der Waals surface area contributed by atoms with Crippen molar-refractivity contribution in [2.45, 2.75) is 18.9 Å². The molecule has 0 bridgehead atoms. The fourth-order valence-corrected chi connectivity index (χ4v) is 2.29. The lowest BCUT2D eigenvalue weighted by Gasteiger charge is -2.43. The molecule has 0 spiro atoms. The Balaban J connectivity index is 2.22. The zero-order valence-corrected chi connectivity index (χ0v) is 10.1. The fourth-order valence-electron chi connectivity index (χ4n) is 2.29. The van der Waals surface area contributed by atoms with Gasteiger partial charge in [-0.15, -0.1) is 0 Å². The molecule has 1 fully saturated rings. The molecule has 2 atom stereocenters. The number of nitrogens with one attached hydrogen (secondary N) is 1. The Morgan fingerprint density at radius 1 is 1.53 bits per heavy atom. The third kappa shape index (κ3) is 2.42. The highest BCUT2D eigenvalue weighted by atomic mass is 19.1. The Morgan fingerprint density at radius 2 is 2.29 bits per heavy atom. The van der Waals surface area contributed by atoms with Gasteiger partial charge in [-0.3, -0.25) is 0 Å². The summed E-state index contributed by atoms with van der Waals surface area (Å²) >= 11 is 0. The van der Waals surface area contributed by atoms with E-state index in [1.165, 1.54) is 6.07 Å². The zero-order valence-electron chi connectivity index (χ0n) is 10.1. The Hall–Kier alpha value is -1.13. The maximum Gasteiger partial charge on any atom is 0.146 e. The van der Waals surface area contributed by atoms with Crippen molar-refractivity contribution < 1.29 is 9.13 Å². The Kier molecular flexibility index (Phi) is 3.64. The van der Waals surface area contributed by atoms with Crippen LogP contribution < -0.4 is 11.1 Å². The number of hydrogen-bond donors (Lipinski definition) is 2. The number of rotatable bonds is 3. The molecule has 0 saturated carbocycles. The first kappa shape index (κ1) is 12.3. The molecule has 1 saturated heterocycles. The summed E-state index contributed by atoms with van der Waals surface area (Å²) < 4.78 is 19.1. The van der Waals surface area contributed by atoms with Crippen molar-refractivity contribution >= 4 is 5.69 Å². The van der Waals surface area contributed by atoms with E-state index in [0.717, 1.165) is 6.42 Å². The smallest absolute Gasteiger partial charge is 0.146 e. The van der Waals surface area contributed by atoms with Gasteiger partial charge in [0.15, 0.2) is 0 Å². The van der Waals surface area contributed by atoms with Crippen LogP contribution in [0.5, 0.6) is 0 Å². The number of ether oxygens (including phenoxy) is 1. The molecule has 0 aromatic heterocycles. The first-order valence-electron chi connectivity index (χ1n) is 5.98. The second-order valence-corrected chi connectivity index (χ2v) is 4.69. The van der Waals surface area contributed by atoms with E-state index in [2.05, 4.69) is 12.2 Å². The second kappa shape index (κ2) is 5.02. The topological polar surface area (TPSA) is 47.3 Å². The third-order valence-corrected chi connectivity index (χ3v) is 3.63. The highest BCUT2D eigenvalue weighted by Gasteiger charge is 2.38. The van der Waals surface area contributed by atoms with Crippen molar-refractivity contribution in [2.24, 2.45) is 11.7 Å². The fraction of sp³-hybridized carbons (Fsp3) is 0.538. The average Bonchev–Trinajstić information content (AvgIpc) is 2.35. The molecule has 0 radical (unpaired) electrons. The van der Waals surface area contributed by atoms with E-state index in [1.807, 2.05) is 6.07 Å². The minimum Gasteiger partial charge on any atom is -0.381 e. The van der Waals surface area contributed by atoms with Gasteiger partial charge in [0.25, 0.3) is 0 Å². The number of nitrogens with two attached hydrogens (primary N) is 1. The monoisotopic (exact) mass is 238 g/mol. The van der Waals surface area contributed by atoms with E-state index < -0.39 is 0 Å². The first-order chi connectivity index (χ1) is 8.18. The summed E-state index contributed by atoms with van der Waals surface area (Å²) in [4.78, 5) is 0. The molecule has 0 aliphatic carbocycles. The maximum atomic E-state index is 13.6. The first-order valence-corrected chi connectivity index (χ1v) is 5.98. The highest BCUT2D eigenvalue weighted by Crippen LogP contribution is 2.30. The number of hydrogen-bond acceptors (Lipinski definition) is 3. The Bertz CT molecular complexity index is 385. The molecule has 0 amide bonds. The van der Waals surface area contributed by atoms with Crippen LogP contribution in [0.2, 0.25) is 0 Å². The Morgan fingerprint density at radius 3 is 2.94 bits per heavy atom. The van der Waals surface area contributed by atoms with Crippen LogP contribution in [-0.4, -0.2) is 25.3 Å². The maximum absolute atomic E-state index is 13.6. The van der Waals surface area contributed by atoms with Gasteiger partial charge in [0.05, 0.1) is 17.8 Å². The van der Waals surface area contributed by atoms with Crippen LogP contribution in [0.4, 0.5) is 10.1 Å². The van der Waals surface area contributed by atoms with E-state index in [0.29, 0.717) is 25.4 Å². The van der Waals surface area contributed by atoms with Crippen molar-refractivity contribution in [3.63, 3.8) is 0 Å². The largest absolute Gasteiger partial charge is 0.381 e. The van der Waals surface area contributed by atoms with Crippen LogP contribution in [0.15, 0.2) is 24.3 Å². The summed E-state index contributed by atoms with van der Waals surface area (Å²) in [6.45, 7) is 3.90. The molecule has 17 heavy (non-hydrogen) atoms. The van der Waals surface area contributed by atoms with Crippen molar-refractivity contribution in [2.75, 3.05) is 25.1 Å². The van der Waals surface area contributed by atoms with E-state index in [1.54, 1.807) is 12.1 Å². The predicted octanol–water partition coefficient (Wildman–Crippen LogP) is 1.99. The minimum atomic E-state index is -0.263. The van der Waals surface area contributed by atoms with Crippen LogP contribution in [0.25, 0.3) is 0 Å². The van der Waals surface area contributed by atoms with Crippen molar-refractivity contribution in [1.29, 1.82) is 0 Å². The molecular weight excluding hydrogens is 219 g/mol. The number of anilines is 1. The van der Waals surface area contributed by atoms with Crippen molar-refractivity contribution in [1.82, 2.24) is 0 Å². The summed E-state index contributed by atoms with van der Waals surface area (Å²) in [6.07, 6.45) is 0.805. The van der Waals surface area contributed by atoms with Crippen LogP contribution in [0, 0.1) is 11.7 Å². The van der Waals surface area contributed by atoms with Gasteiger partial charge in [-0.2, -0.15) is 0 Å². The molecule has 4 heteroatoms. The molecule has 1 aromatic carbocycles. The third-order valence-electron chi connectivity index (χ3n) is 3.63. The minimum absolute atomic E-state index is 0.237. The van der Waals surface area contributed by atoms with Crippen molar-refractivity contribution in [3.8, 4) is 0 Å². The molecule has 2 unspecified atom stereocenters. The van der Waals surface area contributed by atoms with Gasteiger partial charge in [-0.05, 0) is 18.6 Å². The number of para-hydroxylation sites is 1. The van der Waals surface area contributed by atoms with Crippen LogP contribution in [0.3, 0.4) is 0 Å². The van der Waals surface area contributed by atoms with Crippen LogP contribution in [-0.2, 0) is 4.74 Å². The molecular formula is C13H19FN2O. The Labute approximate surface area is 101 Å². The molecule has 1 aromatic rings. The van der Waals surface area contributed by atoms with E-state index in [9.17, 15) is 4.39 Å². The number of halogens is 1. The van der Waals surface area contributed by atoms with E-state index in [4.69, 9.17) is 10.5 Å². The summed E-state index contributed by atoms with van der Waals surface area (Å²) in [7, 11) is 0. The summed E-state index contributed by atoms with van der Waals surface area (Å²) in [5.74, 6) is 0.0277. The van der Waals surface area contributed by atoms with Gasteiger partial charge in [-0.1, -0.05) is 19.1 Å². The lowest BCUT2D eigenvalue weighted by Crippen LogP contribution is -2.55. The molecule has 2 rings (SSSR count). The average molecular weight is 238 g/mol. The summed E-state index contributed by atoms with van der Waals surface area (Å²) in [5, 5.41) is 3.28. The molecule has 1 aliphatic rings.